The predicted molar refractivity (Wildman–Crippen MR) is 154 cm³/mol. The summed E-state index contributed by atoms with van der Waals surface area (Å²) in [7, 11) is -3.71. The third kappa shape index (κ3) is 7.78. The zero-order valence-electron chi connectivity index (χ0n) is 23.0. The van der Waals surface area contributed by atoms with Gasteiger partial charge in [0.15, 0.2) is 0 Å². The number of aromatic nitrogens is 2. The van der Waals surface area contributed by atoms with Crippen LogP contribution in [-0.4, -0.2) is 60.1 Å². The Morgan fingerprint density at radius 1 is 1.10 bits per heavy atom. The number of urea groups is 1. The molecule has 0 bridgehead atoms. The number of aryl methyl sites for hydroxylation is 1. The number of rotatable bonds is 11. The lowest BCUT2D eigenvalue weighted by Gasteiger charge is -2.21. The summed E-state index contributed by atoms with van der Waals surface area (Å²) in [5, 5.41) is 18.3. The van der Waals surface area contributed by atoms with Gasteiger partial charge in [0, 0.05) is 29.4 Å². The fraction of sp³-hybridized carbons (Fsp3) is 0.357. The van der Waals surface area contributed by atoms with Gasteiger partial charge >= 0.3 is 12.0 Å². The van der Waals surface area contributed by atoms with E-state index >= 15 is 0 Å². The van der Waals surface area contributed by atoms with Gasteiger partial charge in [0.05, 0.1) is 35.8 Å². The van der Waals surface area contributed by atoms with Crippen molar-refractivity contribution in [1.82, 2.24) is 20.0 Å². The summed E-state index contributed by atoms with van der Waals surface area (Å²) in [6.07, 6.45) is 2.97. The number of sulfonamides is 1. The summed E-state index contributed by atoms with van der Waals surface area (Å²) in [5.41, 5.74) is 3.96. The number of amides is 2. The summed E-state index contributed by atoms with van der Waals surface area (Å²) in [5.74, 6) is -2.13. The molecule has 0 aliphatic carbocycles. The predicted octanol–water partition coefficient (Wildman–Crippen LogP) is 2.93. The van der Waals surface area contributed by atoms with Gasteiger partial charge in [-0.25, -0.2) is 17.9 Å². The molecule has 2 amide bonds. The first-order valence-corrected chi connectivity index (χ1v) is 15.0. The normalized spacial score (nSPS) is 18.4. The van der Waals surface area contributed by atoms with Crippen LogP contribution in [0.5, 0.6) is 0 Å². The van der Waals surface area contributed by atoms with Gasteiger partial charge < -0.3 is 26.0 Å². The Labute approximate surface area is 238 Å². The second kappa shape index (κ2) is 12.6. The van der Waals surface area contributed by atoms with Crippen molar-refractivity contribution in [2.24, 2.45) is 5.92 Å². The Bertz CT molecular complexity index is 1520. The van der Waals surface area contributed by atoms with Crippen molar-refractivity contribution >= 4 is 39.2 Å². The summed E-state index contributed by atoms with van der Waals surface area (Å²) in [6.45, 7) is 4.33. The van der Waals surface area contributed by atoms with Crippen LogP contribution < -0.4 is 20.7 Å². The molecule has 218 valence electrons. The van der Waals surface area contributed by atoms with Crippen molar-refractivity contribution in [2.75, 3.05) is 23.4 Å². The number of nitrogens with zero attached hydrogens (tertiary/aromatic N) is 1. The zero-order valence-corrected chi connectivity index (χ0v) is 23.8. The molecule has 0 radical (unpaired) electrons. The number of Topliss-reactive ketones (excluding diaryl/α,β-unsaturated/α-hetero) is 1. The van der Waals surface area contributed by atoms with Gasteiger partial charge in [-0.3, -0.25) is 14.6 Å². The van der Waals surface area contributed by atoms with Gasteiger partial charge in [0.2, 0.25) is 10.0 Å². The van der Waals surface area contributed by atoms with Crippen LogP contribution >= 0.6 is 0 Å². The molecular formula is C28H34N6O6S. The van der Waals surface area contributed by atoms with Crippen LogP contribution in [-0.2, 0) is 26.0 Å². The zero-order chi connectivity index (χ0) is 29.7. The topological polar surface area (TPSA) is 182 Å². The van der Waals surface area contributed by atoms with Crippen molar-refractivity contribution in [3.8, 4) is 0 Å². The summed E-state index contributed by atoms with van der Waals surface area (Å²) in [6, 6.07) is 12.3. The molecule has 3 aromatic rings. The highest BCUT2D eigenvalue weighted by atomic mass is 32.2. The number of pyridine rings is 1. The Morgan fingerprint density at radius 2 is 1.85 bits per heavy atom. The number of hydrogen-bond donors (Lipinski definition) is 6. The number of carbonyl (C=O) groups excluding carboxylic acids is 2. The standard InChI is InChI=1S/C28H34N6O6S/c1-16-6-4-5-7-21(16)33-28(38)32-19-9-10-22(30-15-19)17(2)26(35)20-12-13-29-25(20)23-11-8-18(31-23)14-24(27(36)37)34-41(3,39)40/h4-11,15,17,20,24-25,29,31,34H,12-14H2,1-3H3,(H,36,37)(H2,32,33,38). The quantitative estimate of drug-likeness (QED) is 0.199. The van der Waals surface area contributed by atoms with Crippen LogP contribution in [0.4, 0.5) is 16.2 Å². The molecule has 12 nitrogen and oxygen atoms in total. The fourth-order valence-corrected chi connectivity index (χ4v) is 5.65. The summed E-state index contributed by atoms with van der Waals surface area (Å²) < 4.78 is 25.2. The monoisotopic (exact) mass is 582 g/mol. The maximum Gasteiger partial charge on any atom is 0.323 e. The van der Waals surface area contributed by atoms with Gasteiger partial charge in [0.1, 0.15) is 11.8 Å². The van der Waals surface area contributed by atoms with Crippen molar-refractivity contribution in [3.05, 3.63) is 77.4 Å². The van der Waals surface area contributed by atoms with E-state index in [-0.39, 0.29) is 24.2 Å². The van der Waals surface area contributed by atoms with Crippen LogP contribution in [0.3, 0.4) is 0 Å². The first kappa shape index (κ1) is 29.9. The van der Waals surface area contributed by atoms with Gasteiger partial charge in [0.25, 0.3) is 0 Å². The lowest BCUT2D eigenvalue weighted by Crippen LogP contribution is -2.41. The molecule has 0 saturated carbocycles. The van der Waals surface area contributed by atoms with Crippen molar-refractivity contribution in [2.45, 2.75) is 44.7 Å². The second-order valence-corrected chi connectivity index (χ2v) is 12.0. The summed E-state index contributed by atoms with van der Waals surface area (Å²) in [4.78, 5) is 45.0. The number of carboxylic acid groups (broad SMARTS) is 1. The Kier molecular flexibility index (Phi) is 9.21. The number of hydrogen-bond acceptors (Lipinski definition) is 7. The van der Waals surface area contributed by atoms with E-state index in [9.17, 15) is 27.9 Å². The lowest BCUT2D eigenvalue weighted by atomic mass is 9.85. The molecule has 1 aliphatic rings. The third-order valence-electron chi connectivity index (χ3n) is 7.08. The molecule has 2 aromatic heterocycles. The first-order chi connectivity index (χ1) is 19.4. The summed E-state index contributed by atoms with van der Waals surface area (Å²) >= 11 is 0. The van der Waals surface area contributed by atoms with Crippen LogP contribution in [0.25, 0.3) is 0 Å². The van der Waals surface area contributed by atoms with E-state index < -0.39 is 34.0 Å². The van der Waals surface area contributed by atoms with Crippen molar-refractivity contribution in [1.29, 1.82) is 0 Å². The smallest absolute Gasteiger partial charge is 0.323 e. The second-order valence-electron chi connectivity index (χ2n) is 10.2. The number of carboxylic acids is 1. The van der Waals surface area contributed by atoms with Crippen molar-refractivity contribution in [3.63, 3.8) is 0 Å². The number of carbonyl (C=O) groups is 3. The number of para-hydroxylation sites is 1. The largest absolute Gasteiger partial charge is 0.480 e. The molecule has 6 N–H and O–H groups in total. The Morgan fingerprint density at radius 3 is 2.51 bits per heavy atom. The number of H-pyrrole nitrogens is 1. The van der Waals surface area contributed by atoms with Gasteiger partial charge in [-0.1, -0.05) is 18.2 Å². The molecule has 4 atom stereocenters. The SMILES string of the molecule is Cc1ccccc1NC(=O)Nc1ccc(C(C)C(=O)C2CCNC2c2ccc(CC(NS(C)(=O)=O)C(=O)O)[nH]2)nc1. The van der Waals surface area contributed by atoms with E-state index in [4.69, 9.17) is 0 Å². The number of anilines is 2. The van der Waals surface area contributed by atoms with E-state index in [0.29, 0.717) is 35.7 Å². The minimum Gasteiger partial charge on any atom is -0.480 e. The van der Waals surface area contributed by atoms with E-state index in [1.165, 1.54) is 6.20 Å². The number of ketones is 1. The number of nitrogens with one attached hydrogen (secondary N) is 5. The Hall–Kier alpha value is -4.07. The molecule has 0 spiro atoms. The first-order valence-electron chi connectivity index (χ1n) is 13.2. The maximum atomic E-state index is 13.5. The van der Waals surface area contributed by atoms with Gasteiger partial charge in [-0.05, 0) is 62.7 Å². The van der Waals surface area contributed by atoms with Gasteiger partial charge in [-0.2, -0.15) is 0 Å². The van der Waals surface area contributed by atoms with Crippen LogP contribution in [0.2, 0.25) is 0 Å². The molecule has 13 heteroatoms. The fourth-order valence-electron chi connectivity index (χ4n) is 4.95. The number of aliphatic carboxylic acids is 1. The molecule has 4 unspecified atom stereocenters. The highest BCUT2D eigenvalue weighted by Crippen LogP contribution is 2.34. The molecule has 1 aliphatic heterocycles. The van der Waals surface area contributed by atoms with E-state index in [2.05, 4.69) is 30.6 Å². The molecule has 4 rings (SSSR count). The molecule has 1 aromatic carbocycles. The average Bonchev–Trinajstić information content (AvgIpc) is 3.58. The van der Waals surface area contributed by atoms with Crippen LogP contribution in [0, 0.1) is 12.8 Å². The minimum absolute atomic E-state index is 0.00353. The van der Waals surface area contributed by atoms with Crippen LogP contribution in [0.15, 0.2) is 54.7 Å². The number of benzene rings is 1. The van der Waals surface area contributed by atoms with E-state index in [0.717, 1.165) is 17.5 Å². The van der Waals surface area contributed by atoms with E-state index in [1.54, 1.807) is 31.2 Å². The molecule has 1 saturated heterocycles. The minimum atomic E-state index is -3.71. The van der Waals surface area contributed by atoms with Gasteiger partial charge in [-0.15, -0.1) is 0 Å². The van der Waals surface area contributed by atoms with Crippen molar-refractivity contribution < 1.29 is 27.9 Å². The molecule has 3 heterocycles. The molecule has 41 heavy (non-hydrogen) atoms. The number of aromatic amines is 1. The molecular weight excluding hydrogens is 548 g/mol. The average molecular weight is 583 g/mol. The molecule has 1 fully saturated rings. The highest BCUT2D eigenvalue weighted by Gasteiger charge is 2.37. The maximum absolute atomic E-state index is 13.5. The lowest BCUT2D eigenvalue weighted by molar-refractivity contribution is -0.139. The third-order valence-corrected chi connectivity index (χ3v) is 7.79. The highest BCUT2D eigenvalue weighted by molar-refractivity contribution is 7.88. The van der Waals surface area contributed by atoms with Crippen LogP contribution in [0.1, 0.15) is 47.9 Å². The Balaban J connectivity index is 1.38. The van der Waals surface area contributed by atoms with E-state index in [1.807, 2.05) is 31.2 Å².